The smallest absolute Gasteiger partial charge is 0.338 e. The van der Waals surface area contributed by atoms with E-state index in [4.69, 9.17) is 4.74 Å². The van der Waals surface area contributed by atoms with Crippen LogP contribution in [0.5, 0.6) is 0 Å². The highest BCUT2D eigenvalue weighted by Gasteiger charge is 2.22. The molecule has 0 heterocycles. The number of ether oxygens (including phenoxy) is 1. The molecule has 0 spiro atoms. The number of carbonyl (C=O) groups is 1. The average molecular weight is 383 g/mol. The van der Waals surface area contributed by atoms with Gasteiger partial charge >= 0.3 is 5.97 Å². The molecular weight excluding hydrogens is 351 g/mol. The number of halogens is 1. The van der Waals surface area contributed by atoms with E-state index in [0.29, 0.717) is 23.7 Å². The first-order chi connectivity index (χ1) is 13.6. The Morgan fingerprint density at radius 3 is 2.36 bits per heavy atom. The van der Waals surface area contributed by atoms with E-state index in [-0.39, 0.29) is 11.8 Å². The molecule has 1 saturated carbocycles. The predicted molar refractivity (Wildman–Crippen MR) is 112 cm³/mol. The molecule has 0 radical (unpaired) electrons. The third kappa shape index (κ3) is 5.01. The van der Waals surface area contributed by atoms with Crippen LogP contribution >= 0.6 is 0 Å². The van der Waals surface area contributed by atoms with Crippen molar-refractivity contribution in [3.8, 4) is 11.1 Å². The maximum atomic E-state index is 14.8. The molecule has 1 aliphatic rings. The predicted octanol–water partition coefficient (Wildman–Crippen LogP) is 7.13. The highest BCUT2D eigenvalue weighted by Crippen LogP contribution is 2.38. The second kappa shape index (κ2) is 9.86. The number of hydrogen-bond acceptors (Lipinski definition) is 2. The van der Waals surface area contributed by atoms with Crippen LogP contribution in [0.2, 0.25) is 0 Å². The van der Waals surface area contributed by atoms with Crippen molar-refractivity contribution in [2.75, 3.05) is 6.61 Å². The summed E-state index contributed by atoms with van der Waals surface area (Å²) in [6.07, 6.45) is 8.81. The minimum Gasteiger partial charge on any atom is -0.462 e. The Hall–Kier alpha value is -2.16. The van der Waals surface area contributed by atoms with E-state index in [1.807, 2.05) is 6.07 Å². The van der Waals surface area contributed by atoms with E-state index in [9.17, 15) is 9.18 Å². The van der Waals surface area contributed by atoms with Gasteiger partial charge in [0.25, 0.3) is 0 Å². The highest BCUT2D eigenvalue weighted by atomic mass is 19.1. The van der Waals surface area contributed by atoms with Crippen molar-refractivity contribution >= 4 is 5.97 Å². The molecular formula is C25H31FO2. The Bertz CT molecular complexity index is 774. The van der Waals surface area contributed by atoms with E-state index < -0.39 is 0 Å². The van der Waals surface area contributed by atoms with Gasteiger partial charge in [-0.25, -0.2) is 9.18 Å². The summed E-state index contributed by atoms with van der Waals surface area (Å²) in [6.45, 7) is 4.37. The first kappa shape index (κ1) is 20.6. The largest absolute Gasteiger partial charge is 0.462 e. The standard InChI is InChI=1S/C25H31FO2/c1-3-5-6-18-7-9-19(10-8-18)22-15-16-23(24(26)17-22)20-11-13-21(14-12-20)25(27)28-4-2/h11-19H,3-10H2,1-2H3. The molecule has 2 aromatic rings. The molecule has 0 aliphatic heterocycles. The van der Waals surface area contributed by atoms with Gasteiger partial charge in [-0.3, -0.25) is 0 Å². The fraction of sp³-hybridized carbons (Fsp3) is 0.480. The van der Waals surface area contributed by atoms with Gasteiger partial charge in [-0.05, 0) is 73.8 Å². The van der Waals surface area contributed by atoms with E-state index >= 15 is 0 Å². The first-order valence-corrected chi connectivity index (χ1v) is 10.7. The zero-order valence-electron chi connectivity index (χ0n) is 17.0. The van der Waals surface area contributed by atoms with Crippen molar-refractivity contribution in [1.82, 2.24) is 0 Å². The van der Waals surface area contributed by atoms with Crippen LogP contribution in [0.3, 0.4) is 0 Å². The number of rotatable bonds is 7. The van der Waals surface area contributed by atoms with Crippen LogP contribution in [0.4, 0.5) is 4.39 Å². The lowest BCUT2D eigenvalue weighted by molar-refractivity contribution is 0.0526. The summed E-state index contributed by atoms with van der Waals surface area (Å²) in [5.41, 5.74) is 2.97. The summed E-state index contributed by atoms with van der Waals surface area (Å²) in [6, 6.07) is 12.6. The summed E-state index contributed by atoms with van der Waals surface area (Å²) in [5.74, 6) is 0.805. The van der Waals surface area contributed by atoms with Gasteiger partial charge in [0.2, 0.25) is 0 Å². The number of hydrogen-bond donors (Lipinski definition) is 0. The maximum Gasteiger partial charge on any atom is 0.338 e. The molecule has 0 saturated heterocycles. The number of carbonyl (C=O) groups excluding carboxylic acids is 1. The van der Waals surface area contributed by atoms with Gasteiger partial charge in [0, 0.05) is 5.56 Å². The van der Waals surface area contributed by atoms with Crippen LogP contribution < -0.4 is 0 Å². The van der Waals surface area contributed by atoms with E-state index in [0.717, 1.165) is 17.0 Å². The average Bonchev–Trinajstić information content (AvgIpc) is 2.73. The fourth-order valence-electron chi connectivity index (χ4n) is 4.30. The molecule has 1 fully saturated rings. The Morgan fingerprint density at radius 2 is 1.75 bits per heavy atom. The van der Waals surface area contributed by atoms with Gasteiger partial charge in [-0.1, -0.05) is 50.5 Å². The van der Waals surface area contributed by atoms with Gasteiger partial charge in [0.1, 0.15) is 5.82 Å². The molecule has 0 amide bonds. The second-order valence-electron chi connectivity index (χ2n) is 7.90. The van der Waals surface area contributed by atoms with Gasteiger partial charge in [0.05, 0.1) is 12.2 Å². The Morgan fingerprint density at radius 1 is 1.04 bits per heavy atom. The van der Waals surface area contributed by atoms with Crippen molar-refractivity contribution in [3.63, 3.8) is 0 Å². The zero-order chi connectivity index (χ0) is 19.9. The van der Waals surface area contributed by atoms with Crippen LogP contribution in [-0.4, -0.2) is 12.6 Å². The molecule has 0 atom stereocenters. The van der Waals surface area contributed by atoms with Crippen LogP contribution in [0, 0.1) is 11.7 Å². The fourth-order valence-corrected chi connectivity index (χ4v) is 4.30. The molecule has 3 heteroatoms. The van der Waals surface area contributed by atoms with E-state index in [2.05, 4.69) is 13.0 Å². The molecule has 150 valence electrons. The van der Waals surface area contributed by atoms with Crippen LogP contribution in [0.1, 0.15) is 80.6 Å². The lowest BCUT2D eigenvalue weighted by Crippen LogP contribution is -2.13. The topological polar surface area (TPSA) is 26.3 Å². The first-order valence-electron chi connectivity index (χ1n) is 10.7. The van der Waals surface area contributed by atoms with E-state index in [1.165, 1.54) is 44.9 Å². The van der Waals surface area contributed by atoms with Crippen LogP contribution in [0.15, 0.2) is 42.5 Å². The SMILES string of the molecule is CCCCC1CCC(c2ccc(-c3ccc(C(=O)OCC)cc3)c(F)c2)CC1. The Labute approximate surface area is 168 Å². The summed E-state index contributed by atoms with van der Waals surface area (Å²) >= 11 is 0. The molecule has 3 rings (SSSR count). The minimum atomic E-state index is -0.348. The third-order valence-electron chi connectivity index (χ3n) is 5.98. The Kier molecular flexibility index (Phi) is 7.24. The minimum absolute atomic E-state index is 0.186. The third-order valence-corrected chi connectivity index (χ3v) is 5.98. The van der Waals surface area contributed by atoms with Gasteiger partial charge in [-0.15, -0.1) is 0 Å². The van der Waals surface area contributed by atoms with Crippen molar-refractivity contribution in [2.45, 2.75) is 64.7 Å². The van der Waals surface area contributed by atoms with Gasteiger partial charge in [0.15, 0.2) is 0 Å². The number of unbranched alkanes of at least 4 members (excludes halogenated alkanes) is 1. The highest BCUT2D eigenvalue weighted by molar-refractivity contribution is 5.90. The lowest BCUT2D eigenvalue weighted by Gasteiger charge is -2.29. The molecule has 2 aromatic carbocycles. The van der Waals surface area contributed by atoms with Crippen molar-refractivity contribution in [1.29, 1.82) is 0 Å². The number of esters is 1. The van der Waals surface area contributed by atoms with Gasteiger partial charge in [-0.2, -0.15) is 0 Å². The van der Waals surface area contributed by atoms with Crippen molar-refractivity contribution < 1.29 is 13.9 Å². The maximum absolute atomic E-state index is 14.8. The zero-order valence-corrected chi connectivity index (χ0v) is 17.0. The normalized spacial score (nSPS) is 19.4. The van der Waals surface area contributed by atoms with Crippen molar-refractivity contribution in [2.24, 2.45) is 5.92 Å². The Balaban J connectivity index is 1.67. The summed E-state index contributed by atoms with van der Waals surface area (Å²) < 4.78 is 19.8. The van der Waals surface area contributed by atoms with Gasteiger partial charge < -0.3 is 4.74 Å². The molecule has 1 aliphatic carbocycles. The summed E-state index contributed by atoms with van der Waals surface area (Å²) in [5, 5.41) is 0. The molecule has 2 nitrogen and oxygen atoms in total. The molecule has 0 aromatic heterocycles. The quantitative estimate of drug-likeness (QED) is 0.476. The molecule has 0 unspecified atom stereocenters. The molecule has 0 N–H and O–H groups in total. The monoisotopic (exact) mass is 382 g/mol. The van der Waals surface area contributed by atoms with E-state index in [1.54, 1.807) is 37.3 Å². The summed E-state index contributed by atoms with van der Waals surface area (Å²) in [7, 11) is 0. The number of benzene rings is 2. The summed E-state index contributed by atoms with van der Waals surface area (Å²) in [4.78, 5) is 11.8. The lowest BCUT2D eigenvalue weighted by atomic mass is 9.77. The van der Waals surface area contributed by atoms with Crippen molar-refractivity contribution in [3.05, 3.63) is 59.4 Å². The van der Waals surface area contributed by atoms with Crippen LogP contribution in [-0.2, 0) is 4.74 Å². The second-order valence-corrected chi connectivity index (χ2v) is 7.90. The molecule has 0 bridgehead atoms. The molecule has 28 heavy (non-hydrogen) atoms. The van der Waals surface area contributed by atoms with Crippen LogP contribution in [0.25, 0.3) is 11.1 Å².